The van der Waals surface area contributed by atoms with E-state index >= 15 is 0 Å². The quantitative estimate of drug-likeness (QED) is 0.225. The third-order valence-electron chi connectivity index (χ3n) is 6.38. The summed E-state index contributed by atoms with van der Waals surface area (Å²) in [6.07, 6.45) is 0. The van der Waals surface area contributed by atoms with Crippen LogP contribution in [0.25, 0.3) is 0 Å². The number of benzene rings is 4. The molecule has 0 atom stereocenters. The smallest absolute Gasteiger partial charge is 0.264 e. The zero-order chi connectivity index (χ0) is 30.7. The number of hydrogen-bond acceptors (Lipinski definition) is 6. The fraction of sp³-hybridized carbons (Fsp3) is 0.167. The van der Waals surface area contributed by atoms with Crippen molar-refractivity contribution in [2.45, 2.75) is 30.6 Å². The van der Waals surface area contributed by atoms with Crippen LogP contribution < -0.4 is 19.1 Å². The van der Waals surface area contributed by atoms with E-state index in [-0.39, 0.29) is 31.9 Å². The van der Waals surface area contributed by atoms with Crippen LogP contribution in [0.1, 0.15) is 16.7 Å². The highest BCUT2D eigenvalue weighted by Gasteiger charge is 2.30. The number of carbonyl (C=O) groups excluding carboxylic acids is 1. The van der Waals surface area contributed by atoms with Gasteiger partial charge in [0, 0.05) is 10.7 Å². The molecule has 0 aliphatic rings. The van der Waals surface area contributed by atoms with Crippen LogP contribution in [0.3, 0.4) is 0 Å². The van der Waals surface area contributed by atoms with Crippen LogP contribution in [-0.4, -0.2) is 36.4 Å². The molecule has 4 rings (SSSR count). The van der Waals surface area contributed by atoms with Crippen LogP contribution in [0.2, 0.25) is 5.02 Å². The van der Waals surface area contributed by atoms with Crippen LogP contribution in [0.5, 0.6) is 5.75 Å². The van der Waals surface area contributed by atoms with Crippen LogP contribution in [0.15, 0.2) is 94.7 Å². The van der Waals surface area contributed by atoms with Crippen molar-refractivity contribution in [2.24, 2.45) is 0 Å². The number of nitrogens with one attached hydrogen (secondary N) is 2. The zero-order valence-corrected chi connectivity index (χ0v) is 25.8. The van der Waals surface area contributed by atoms with Crippen molar-refractivity contribution in [2.75, 3.05) is 28.0 Å². The molecule has 0 saturated carbocycles. The van der Waals surface area contributed by atoms with E-state index in [0.717, 1.165) is 21.0 Å². The second kappa shape index (κ2) is 12.4. The third kappa shape index (κ3) is 7.04. The SMILES string of the molecule is COc1ccc(Cl)cc1N(CC(=O)Nc1ccc(S(=O)(=O)Nc2ccc(C)cc2C)cc1)S(=O)(=O)c1ccc(C)cc1. The first-order valence-corrected chi connectivity index (χ1v) is 16.0. The van der Waals surface area contributed by atoms with E-state index in [2.05, 4.69) is 10.0 Å². The standard InChI is InChI=1S/C30H30ClN3O6S2/c1-20-5-11-26(12-6-20)42(38,39)34(28-18-23(31)8-16-29(28)40-4)19-30(35)32-24-9-13-25(14-10-24)41(36,37)33-27-15-7-21(2)17-22(27)3/h5-18,33H,19H2,1-4H3,(H,32,35). The summed E-state index contributed by atoms with van der Waals surface area (Å²) in [4.78, 5) is 13.2. The lowest BCUT2D eigenvalue weighted by atomic mass is 10.1. The molecule has 4 aromatic carbocycles. The van der Waals surface area contributed by atoms with Gasteiger partial charge in [0.05, 0.1) is 28.3 Å². The summed E-state index contributed by atoms with van der Waals surface area (Å²) in [6, 6.07) is 21.6. The Balaban J connectivity index is 1.58. The molecule has 220 valence electrons. The molecule has 4 aromatic rings. The maximum absolute atomic E-state index is 13.7. The first kappa shape index (κ1) is 30.9. The maximum atomic E-state index is 13.7. The molecule has 0 radical (unpaired) electrons. The minimum atomic E-state index is -4.22. The molecule has 0 fully saturated rings. The van der Waals surface area contributed by atoms with Gasteiger partial charge in [0.1, 0.15) is 12.3 Å². The van der Waals surface area contributed by atoms with Gasteiger partial charge >= 0.3 is 0 Å². The summed E-state index contributed by atoms with van der Waals surface area (Å²) in [6.45, 7) is 4.95. The van der Waals surface area contributed by atoms with E-state index in [1.54, 1.807) is 24.3 Å². The summed E-state index contributed by atoms with van der Waals surface area (Å²) in [5, 5.41) is 2.89. The van der Waals surface area contributed by atoms with E-state index < -0.39 is 32.5 Å². The Hall–Kier alpha value is -4.06. The first-order chi connectivity index (χ1) is 19.8. The molecule has 1 amide bonds. The lowest BCUT2D eigenvalue weighted by Gasteiger charge is -2.26. The number of rotatable bonds is 10. The van der Waals surface area contributed by atoms with Crippen molar-refractivity contribution in [3.8, 4) is 5.75 Å². The van der Waals surface area contributed by atoms with Crippen molar-refractivity contribution >= 4 is 54.6 Å². The Kier molecular flexibility index (Phi) is 9.15. The molecule has 9 nitrogen and oxygen atoms in total. The van der Waals surface area contributed by atoms with Crippen molar-refractivity contribution in [3.05, 3.63) is 107 Å². The van der Waals surface area contributed by atoms with Gasteiger partial charge in [-0.3, -0.25) is 13.8 Å². The second-order valence-corrected chi connectivity index (χ2v) is 13.6. The number of halogens is 1. The Bertz CT molecular complexity index is 1830. The predicted octanol–water partition coefficient (Wildman–Crippen LogP) is 5.91. The van der Waals surface area contributed by atoms with Gasteiger partial charge in [-0.1, -0.05) is 47.0 Å². The highest BCUT2D eigenvalue weighted by atomic mass is 35.5. The predicted molar refractivity (Wildman–Crippen MR) is 166 cm³/mol. The minimum Gasteiger partial charge on any atom is -0.495 e. The Morgan fingerprint density at radius 1 is 0.810 bits per heavy atom. The second-order valence-electron chi connectivity index (χ2n) is 9.64. The van der Waals surface area contributed by atoms with E-state index in [1.807, 2.05) is 32.9 Å². The number of sulfonamides is 2. The Morgan fingerprint density at radius 3 is 2.05 bits per heavy atom. The van der Waals surface area contributed by atoms with Crippen molar-refractivity contribution in [1.82, 2.24) is 0 Å². The van der Waals surface area contributed by atoms with Gasteiger partial charge < -0.3 is 10.1 Å². The molecule has 0 saturated heterocycles. The topological polar surface area (TPSA) is 122 Å². The van der Waals surface area contributed by atoms with Gasteiger partial charge in [0.15, 0.2) is 0 Å². The summed E-state index contributed by atoms with van der Waals surface area (Å²) in [7, 11) is -6.73. The number of carbonyl (C=O) groups is 1. The van der Waals surface area contributed by atoms with Gasteiger partial charge in [-0.05, 0) is 87.0 Å². The fourth-order valence-electron chi connectivity index (χ4n) is 4.18. The molecule has 0 bridgehead atoms. The van der Waals surface area contributed by atoms with E-state index in [9.17, 15) is 21.6 Å². The van der Waals surface area contributed by atoms with Gasteiger partial charge in [-0.15, -0.1) is 0 Å². The van der Waals surface area contributed by atoms with Crippen LogP contribution in [0.4, 0.5) is 17.1 Å². The van der Waals surface area contributed by atoms with Gasteiger partial charge in [0.2, 0.25) is 5.91 Å². The molecule has 0 spiro atoms. The van der Waals surface area contributed by atoms with E-state index in [0.29, 0.717) is 5.69 Å². The van der Waals surface area contributed by atoms with E-state index in [4.69, 9.17) is 16.3 Å². The lowest BCUT2D eigenvalue weighted by molar-refractivity contribution is -0.114. The zero-order valence-electron chi connectivity index (χ0n) is 23.4. The Labute approximate surface area is 251 Å². The number of methoxy groups -OCH3 is 1. The fourth-order valence-corrected chi connectivity index (χ4v) is 6.90. The van der Waals surface area contributed by atoms with Crippen molar-refractivity contribution in [1.29, 1.82) is 0 Å². The minimum absolute atomic E-state index is 0.00675. The first-order valence-electron chi connectivity index (χ1n) is 12.7. The number of aryl methyl sites for hydroxylation is 3. The molecule has 12 heteroatoms. The van der Waals surface area contributed by atoms with Crippen molar-refractivity contribution in [3.63, 3.8) is 0 Å². The third-order valence-corrected chi connectivity index (χ3v) is 9.77. The highest BCUT2D eigenvalue weighted by molar-refractivity contribution is 7.93. The molecule has 0 aromatic heterocycles. The number of amides is 1. The Morgan fingerprint density at radius 2 is 1.43 bits per heavy atom. The molecule has 0 aliphatic heterocycles. The highest BCUT2D eigenvalue weighted by Crippen LogP contribution is 2.35. The molecular weight excluding hydrogens is 598 g/mol. The average Bonchev–Trinajstić information content (AvgIpc) is 2.93. The summed E-state index contributed by atoms with van der Waals surface area (Å²) < 4.78 is 62.2. The molecule has 0 aliphatic carbocycles. The molecule has 0 heterocycles. The monoisotopic (exact) mass is 627 g/mol. The number of hydrogen-bond donors (Lipinski definition) is 2. The number of ether oxygens (including phenoxy) is 1. The molecule has 42 heavy (non-hydrogen) atoms. The van der Waals surface area contributed by atoms with Gasteiger partial charge in [0.25, 0.3) is 20.0 Å². The van der Waals surface area contributed by atoms with Crippen molar-refractivity contribution < 1.29 is 26.4 Å². The van der Waals surface area contributed by atoms with Crippen LogP contribution in [0, 0.1) is 20.8 Å². The van der Waals surface area contributed by atoms with Gasteiger partial charge in [-0.2, -0.15) is 0 Å². The summed E-state index contributed by atoms with van der Waals surface area (Å²) in [5.74, 6) is -0.467. The van der Waals surface area contributed by atoms with Crippen LogP contribution in [-0.2, 0) is 24.8 Å². The van der Waals surface area contributed by atoms with Gasteiger partial charge in [-0.25, -0.2) is 16.8 Å². The number of nitrogens with zero attached hydrogens (tertiary/aromatic N) is 1. The molecule has 2 N–H and O–H groups in total. The van der Waals surface area contributed by atoms with Crippen LogP contribution >= 0.6 is 11.6 Å². The number of anilines is 3. The summed E-state index contributed by atoms with van der Waals surface area (Å²) in [5.41, 5.74) is 3.48. The molecule has 0 unspecified atom stereocenters. The van der Waals surface area contributed by atoms with E-state index in [1.165, 1.54) is 55.6 Å². The average molecular weight is 628 g/mol. The largest absolute Gasteiger partial charge is 0.495 e. The normalized spacial score (nSPS) is 11.5. The maximum Gasteiger partial charge on any atom is 0.264 e. The molecular formula is C30H30ClN3O6S2. The summed E-state index contributed by atoms with van der Waals surface area (Å²) >= 11 is 6.19. The lowest BCUT2D eigenvalue weighted by Crippen LogP contribution is -2.38.